The number of nitro benzene ring substituents is 1. The van der Waals surface area contributed by atoms with Crippen LogP contribution in [0.5, 0.6) is 5.75 Å². The van der Waals surface area contributed by atoms with Crippen LogP contribution < -0.4 is 4.74 Å². The largest absolute Gasteiger partial charge is 0.489 e. The van der Waals surface area contributed by atoms with Gasteiger partial charge in [0.25, 0.3) is 5.69 Å². The van der Waals surface area contributed by atoms with E-state index in [1.807, 2.05) is 19.9 Å². The lowest BCUT2D eigenvalue weighted by molar-refractivity contribution is -0.384. The summed E-state index contributed by atoms with van der Waals surface area (Å²) in [5, 5.41) is 11.3. The minimum atomic E-state index is -0.448. The van der Waals surface area contributed by atoms with E-state index in [0.29, 0.717) is 16.5 Å². The summed E-state index contributed by atoms with van der Waals surface area (Å²) in [6.07, 6.45) is 2.60. The Morgan fingerprint density at radius 2 is 2.13 bits per heavy atom. The van der Waals surface area contributed by atoms with E-state index in [1.165, 1.54) is 12.1 Å². The van der Waals surface area contributed by atoms with Crippen molar-refractivity contribution < 1.29 is 9.66 Å². The molecule has 0 aliphatic carbocycles. The first-order valence-corrected chi connectivity index (χ1v) is 7.62. The molecule has 5 nitrogen and oxygen atoms in total. The van der Waals surface area contributed by atoms with E-state index in [0.717, 1.165) is 12.0 Å². The van der Waals surface area contributed by atoms with Crippen LogP contribution in [0.3, 0.4) is 0 Å². The zero-order chi connectivity index (χ0) is 16.8. The topological polar surface area (TPSA) is 64.7 Å². The Balaban J connectivity index is 2.15. The molecule has 2 aromatic carbocycles. The second kappa shape index (κ2) is 7.74. The van der Waals surface area contributed by atoms with Crippen LogP contribution in [0.15, 0.2) is 47.5 Å². The van der Waals surface area contributed by atoms with Gasteiger partial charge in [-0.05, 0) is 43.2 Å². The van der Waals surface area contributed by atoms with Gasteiger partial charge < -0.3 is 4.74 Å². The molecule has 0 N–H and O–H groups in total. The van der Waals surface area contributed by atoms with Gasteiger partial charge in [0.05, 0.1) is 21.7 Å². The molecule has 120 valence electrons. The third-order valence-corrected chi connectivity index (χ3v) is 3.56. The molecule has 23 heavy (non-hydrogen) atoms. The first-order chi connectivity index (χ1) is 11.0. The predicted molar refractivity (Wildman–Crippen MR) is 92.2 cm³/mol. The molecular formula is C17H17ClN2O3. The quantitative estimate of drug-likeness (QED) is 0.416. The third-order valence-electron chi connectivity index (χ3n) is 3.26. The van der Waals surface area contributed by atoms with Crippen LogP contribution in [0.4, 0.5) is 11.4 Å². The fourth-order valence-corrected chi connectivity index (χ4v) is 2.06. The van der Waals surface area contributed by atoms with Crippen molar-refractivity contribution in [3.8, 4) is 5.75 Å². The molecule has 0 unspecified atom stereocenters. The highest BCUT2D eigenvalue weighted by Gasteiger charge is 2.07. The molecule has 0 aliphatic rings. The van der Waals surface area contributed by atoms with Crippen molar-refractivity contribution in [2.45, 2.75) is 26.4 Å². The first kappa shape index (κ1) is 17.0. The van der Waals surface area contributed by atoms with Crippen molar-refractivity contribution in [1.29, 1.82) is 0 Å². The second-order valence-electron chi connectivity index (χ2n) is 5.06. The lowest BCUT2D eigenvalue weighted by Gasteiger charge is -2.13. The summed E-state index contributed by atoms with van der Waals surface area (Å²) in [7, 11) is 0. The molecule has 2 aromatic rings. The van der Waals surface area contributed by atoms with Crippen LogP contribution in [0.25, 0.3) is 0 Å². The van der Waals surface area contributed by atoms with E-state index >= 15 is 0 Å². The minimum Gasteiger partial charge on any atom is -0.489 e. The fourth-order valence-electron chi connectivity index (χ4n) is 1.83. The summed E-state index contributed by atoms with van der Waals surface area (Å²) in [5.74, 6) is 0.633. The standard InChI is InChI=1S/C17H17ClN2O3/c1-3-12(2)23-17-8-7-13(9-16(17)18)11-19-14-5-4-6-15(10-14)20(21)22/h4-12H,3H2,1-2H3/t12-/m0/s1. The normalized spacial score (nSPS) is 12.3. The number of non-ortho nitro benzene ring substituents is 1. The highest BCUT2D eigenvalue weighted by molar-refractivity contribution is 6.32. The monoisotopic (exact) mass is 332 g/mol. The molecule has 0 saturated heterocycles. The molecule has 0 radical (unpaired) electrons. The molecule has 0 saturated carbocycles. The Bertz CT molecular complexity index is 732. The number of hydrogen-bond donors (Lipinski definition) is 0. The predicted octanol–water partition coefficient (Wildman–Crippen LogP) is 5.18. The van der Waals surface area contributed by atoms with Crippen molar-refractivity contribution in [2.24, 2.45) is 4.99 Å². The molecule has 0 heterocycles. The Hall–Kier alpha value is -2.40. The third kappa shape index (κ3) is 4.79. The summed E-state index contributed by atoms with van der Waals surface area (Å²) >= 11 is 6.20. The van der Waals surface area contributed by atoms with Gasteiger partial charge in [-0.3, -0.25) is 15.1 Å². The lowest BCUT2D eigenvalue weighted by Crippen LogP contribution is -2.09. The van der Waals surface area contributed by atoms with E-state index in [-0.39, 0.29) is 11.8 Å². The van der Waals surface area contributed by atoms with Gasteiger partial charge in [-0.1, -0.05) is 24.6 Å². The molecule has 0 aromatic heterocycles. The zero-order valence-corrected chi connectivity index (χ0v) is 13.7. The molecule has 0 spiro atoms. The van der Waals surface area contributed by atoms with Crippen molar-refractivity contribution in [2.75, 3.05) is 0 Å². The van der Waals surface area contributed by atoms with Crippen LogP contribution in [-0.2, 0) is 0 Å². The van der Waals surface area contributed by atoms with E-state index in [2.05, 4.69) is 4.99 Å². The Morgan fingerprint density at radius 3 is 2.78 bits per heavy atom. The highest BCUT2D eigenvalue weighted by Crippen LogP contribution is 2.27. The summed E-state index contributed by atoms with van der Waals surface area (Å²) in [6, 6.07) is 11.5. The molecule has 0 bridgehead atoms. The van der Waals surface area contributed by atoms with Crippen LogP contribution >= 0.6 is 11.6 Å². The first-order valence-electron chi connectivity index (χ1n) is 7.24. The molecular weight excluding hydrogens is 316 g/mol. The second-order valence-corrected chi connectivity index (χ2v) is 5.47. The smallest absolute Gasteiger partial charge is 0.271 e. The molecule has 1 atom stereocenters. The van der Waals surface area contributed by atoms with Gasteiger partial charge in [-0.2, -0.15) is 0 Å². The van der Waals surface area contributed by atoms with Gasteiger partial charge in [-0.15, -0.1) is 0 Å². The summed E-state index contributed by atoms with van der Waals surface area (Å²) in [5.41, 5.74) is 1.31. The van der Waals surface area contributed by atoms with Gasteiger partial charge in [0.15, 0.2) is 0 Å². The average Bonchev–Trinajstić information content (AvgIpc) is 2.55. The van der Waals surface area contributed by atoms with Crippen molar-refractivity contribution >= 4 is 29.2 Å². The SMILES string of the molecule is CC[C@H](C)Oc1ccc(C=Nc2cccc([N+](=O)[O-])c2)cc1Cl. The molecule has 0 fully saturated rings. The van der Waals surface area contributed by atoms with Gasteiger partial charge in [0.1, 0.15) is 5.75 Å². The van der Waals surface area contributed by atoms with Crippen molar-refractivity contribution in [3.63, 3.8) is 0 Å². The van der Waals surface area contributed by atoms with E-state index < -0.39 is 4.92 Å². The molecule has 2 rings (SSSR count). The van der Waals surface area contributed by atoms with Crippen LogP contribution in [-0.4, -0.2) is 17.2 Å². The van der Waals surface area contributed by atoms with Crippen molar-refractivity contribution in [3.05, 3.63) is 63.2 Å². The number of rotatable bonds is 6. The Kier molecular flexibility index (Phi) is 5.71. The maximum Gasteiger partial charge on any atom is 0.271 e. The van der Waals surface area contributed by atoms with Crippen molar-refractivity contribution in [1.82, 2.24) is 0 Å². The van der Waals surface area contributed by atoms with E-state index in [9.17, 15) is 10.1 Å². The Labute approximate surface area is 139 Å². The van der Waals surface area contributed by atoms with Gasteiger partial charge in [0, 0.05) is 18.3 Å². The van der Waals surface area contributed by atoms with E-state index in [1.54, 1.807) is 30.5 Å². The number of benzene rings is 2. The lowest BCUT2D eigenvalue weighted by atomic mass is 10.2. The van der Waals surface area contributed by atoms with Crippen LogP contribution in [0.1, 0.15) is 25.8 Å². The Morgan fingerprint density at radius 1 is 1.35 bits per heavy atom. The number of halogens is 1. The summed E-state index contributed by atoms with van der Waals surface area (Å²) in [6.45, 7) is 4.02. The number of nitro groups is 1. The number of aliphatic imine (C=N–C) groups is 1. The molecule has 0 amide bonds. The number of ether oxygens (including phenoxy) is 1. The number of hydrogen-bond acceptors (Lipinski definition) is 4. The number of nitrogens with zero attached hydrogens (tertiary/aromatic N) is 2. The summed E-state index contributed by atoms with van der Waals surface area (Å²) in [4.78, 5) is 14.5. The van der Waals surface area contributed by atoms with Crippen LogP contribution in [0, 0.1) is 10.1 Å². The molecule has 6 heteroatoms. The fraction of sp³-hybridized carbons (Fsp3) is 0.235. The maximum atomic E-state index is 10.7. The van der Waals surface area contributed by atoms with E-state index in [4.69, 9.17) is 16.3 Å². The zero-order valence-electron chi connectivity index (χ0n) is 12.9. The van der Waals surface area contributed by atoms with Gasteiger partial charge >= 0.3 is 0 Å². The van der Waals surface area contributed by atoms with Gasteiger partial charge in [-0.25, -0.2) is 0 Å². The average molecular weight is 333 g/mol. The minimum absolute atomic E-state index is 0.00924. The van der Waals surface area contributed by atoms with Crippen LogP contribution in [0.2, 0.25) is 5.02 Å². The maximum absolute atomic E-state index is 10.7. The van der Waals surface area contributed by atoms with Gasteiger partial charge in [0.2, 0.25) is 0 Å². The highest BCUT2D eigenvalue weighted by atomic mass is 35.5. The summed E-state index contributed by atoms with van der Waals surface area (Å²) < 4.78 is 5.70. The molecule has 0 aliphatic heterocycles.